The number of nitriles is 1. The first-order chi connectivity index (χ1) is 14.2. The number of ether oxygens (including phenoxy) is 1. The highest BCUT2D eigenvalue weighted by Crippen LogP contribution is 2.39. The summed E-state index contributed by atoms with van der Waals surface area (Å²) in [4.78, 5) is 0. The van der Waals surface area contributed by atoms with Crippen molar-refractivity contribution >= 4 is 40.8 Å². The van der Waals surface area contributed by atoms with E-state index in [1.807, 2.05) is 18.2 Å². The summed E-state index contributed by atoms with van der Waals surface area (Å²) in [5.41, 5.74) is 6.03. The highest BCUT2D eigenvalue weighted by molar-refractivity contribution is 7.98. The van der Waals surface area contributed by atoms with Crippen molar-refractivity contribution in [1.82, 2.24) is 9.78 Å². The minimum Gasteiger partial charge on any atom is -0.497 e. The van der Waals surface area contributed by atoms with Crippen LogP contribution in [0.5, 0.6) is 5.75 Å². The van der Waals surface area contributed by atoms with E-state index in [1.54, 1.807) is 19.2 Å². The maximum absolute atomic E-state index is 13.0. The molecule has 0 unspecified atom stereocenters. The van der Waals surface area contributed by atoms with Crippen molar-refractivity contribution in [2.75, 3.05) is 12.8 Å². The summed E-state index contributed by atoms with van der Waals surface area (Å²) >= 11 is 13.3. The first-order valence-electron chi connectivity index (χ1n) is 8.26. The minimum absolute atomic E-state index is 0.0309. The number of nitrogens with zero attached hydrogens (tertiary/aromatic N) is 3. The summed E-state index contributed by atoms with van der Waals surface area (Å²) in [5, 5.41) is 13.5. The van der Waals surface area contributed by atoms with Crippen LogP contribution in [0.25, 0.3) is 5.69 Å². The second-order valence-electron chi connectivity index (χ2n) is 6.01. The number of alkyl halides is 3. The Morgan fingerprint density at radius 1 is 1.20 bits per heavy atom. The molecule has 2 N–H and O–H groups in total. The molecule has 0 saturated carbocycles. The topological polar surface area (TPSA) is 76.9 Å². The molecule has 30 heavy (non-hydrogen) atoms. The maximum Gasteiger partial charge on any atom is 0.416 e. The van der Waals surface area contributed by atoms with E-state index in [4.69, 9.17) is 33.7 Å². The summed E-state index contributed by atoms with van der Waals surface area (Å²) in [6.07, 6.45) is -4.61. The lowest BCUT2D eigenvalue weighted by molar-refractivity contribution is -0.137. The molecule has 2 aromatic carbocycles. The molecule has 11 heteroatoms. The van der Waals surface area contributed by atoms with Gasteiger partial charge in [-0.3, -0.25) is 0 Å². The molecule has 0 amide bonds. The Balaban J connectivity index is 1.96. The van der Waals surface area contributed by atoms with Crippen LogP contribution in [0.1, 0.15) is 16.7 Å². The molecule has 0 aliphatic carbocycles. The van der Waals surface area contributed by atoms with Gasteiger partial charge in [0.15, 0.2) is 0 Å². The van der Waals surface area contributed by atoms with Gasteiger partial charge < -0.3 is 10.5 Å². The van der Waals surface area contributed by atoms with Crippen molar-refractivity contribution in [3.63, 3.8) is 0 Å². The lowest BCUT2D eigenvalue weighted by atomic mass is 10.2. The number of rotatable bonds is 5. The van der Waals surface area contributed by atoms with Crippen molar-refractivity contribution in [3.8, 4) is 17.5 Å². The number of benzene rings is 2. The lowest BCUT2D eigenvalue weighted by Gasteiger charge is -2.13. The monoisotopic (exact) mass is 472 g/mol. The number of hydrogen-bond donors (Lipinski definition) is 1. The van der Waals surface area contributed by atoms with Crippen LogP contribution in [0.2, 0.25) is 10.0 Å². The number of nitrogens with two attached hydrogens (primary N) is 1. The highest BCUT2D eigenvalue weighted by atomic mass is 35.5. The van der Waals surface area contributed by atoms with Crippen LogP contribution in [0, 0.1) is 11.3 Å². The van der Waals surface area contributed by atoms with Crippen LogP contribution < -0.4 is 10.5 Å². The Morgan fingerprint density at radius 2 is 1.80 bits per heavy atom. The second-order valence-corrected chi connectivity index (χ2v) is 7.79. The van der Waals surface area contributed by atoms with Crippen molar-refractivity contribution in [1.29, 1.82) is 5.26 Å². The third-order valence-electron chi connectivity index (χ3n) is 4.09. The van der Waals surface area contributed by atoms with E-state index in [9.17, 15) is 18.4 Å². The van der Waals surface area contributed by atoms with Crippen LogP contribution in [0.15, 0.2) is 41.4 Å². The van der Waals surface area contributed by atoms with Crippen molar-refractivity contribution in [2.45, 2.75) is 17.0 Å². The zero-order valence-corrected chi connectivity index (χ0v) is 17.6. The van der Waals surface area contributed by atoms with Gasteiger partial charge in [-0.25, -0.2) is 4.68 Å². The predicted molar refractivity (Wildman–Crippen MR) is 110 cm³/mol. The van der Waals surface area contributed by atoms with Gasteiger partial charge in [0.05, 0.1) is 22.7 Å². The van der Waals surface area contributed by atoms with Crippen molar-refractivity contribution in [2.24, 2.45) is 0 Å². The molecule has 0 atom stereocenters. The molecule has 0 saturated heterocycles. The van der Waals surface area contributed by atoms with E-state index >= 15 is 0 Å². The minimum atomic E-state index is -4.61. The molecule has 0 radical (unpaired) electrons. The molecule has 5 nitrogen and oxygen atoms in total. The Bertz CT molecular complexity index is 1100. The Hall–Kier alpha value is -2.54. The quantitative estimate of drug-likeness (QED) is 0.464. The highest BCUT2D eigenvalue weighted by Gasteiger charge is 2.32. The summed E-state index contributed by atoms with van der Waals surface area (Å²) < 4.78 is 45.1. The van der Waals surface area contributed by atoms with Gasteiger partial charge >= 0.3 is 6.18 Å². The largest absolute Gasteiger partial charge is 0.497 e. The van der Waals surface area contributed by atoms with Gasteiger partial charge in [-0.2, -0.15) is 23.5 Å². The smallest absolute Gasteiger partial charge is 0.416 e. The third kappa shape index (κ3) is 4.46. The van der Waals surface area contributed by atoms with E-state index in [-0.39, 0.29) is 27.1 Å². The van der Waals surface area contributed by atoms with Gasteiger partial charge in [0.1, 0.15) is 33.9 Å². The number of thioether (sulfide) groups is 1. The summed E-state index contributed by atoms with van der Waals surface area (Å²) in [5.74, 6) is 1.11. The summed E-state index contributed by atoms with van der Waals surface area (Å²) in [6, 6.07) is 10.8. The number of hydrogen-bond acceptors (Lipinski definition) is 5. The maximum atomic E-state index is 13.0. The van der Waals surface area contributed by atoms with Gasteiger partial charge in [-0.1, -0.05) is 47.1 Å². The third-order valence-corrected chi connectivity index (χ3v) is 5.70. The standard InChI is InChI=1S/C19H13Cl2F3N4OS/c1-29-12-4-2-10(3-5-12)9-30-18-13(8-25)17(26)28(27-18)16-14(20)6-11(7-15(16)21)19(22,23)24/h2-7H,9,26H2,1H3. The van der Waals surface area contributed by atoms with E-state index in [0.717, 1.165) is 22.4 Å². The van der Waals surface area contributed by atoms with Gasteiger partial charge in [-0.15, -0.1) is 0 Å². The normalized spacial score (nSPS) is 11.4. The summed E-state index contributed by atoms with van der Waals surface area (Å²) in [6.45, 7) is 0. The molecule has 0 bridgehead atoms. The fourth-order valence-corrected chi connectivity index (χ4v) is 4.17. The second kappa shape index (κ2) is 8.68. The van der Waals surface area contributed by atoms with E-state index in [1.165, 1.54) is 11.8 Å². The van der Waals surface area contributed by atoms with Crippen LogP contribution in [0.3, 0.4) is 0 Å². The molecule has 3 rings (SSSR count). The first kappa shape index (κ1) is 22.2. The molecular weight excluding hydrogens is 460 g/mol. The number of aromatic nitrogens is 2. The number of methoxy groups -OCH3 is 1. The molecule has 0 aliphatic heterocycles. The van der Waals surface area contributed by atoms with E-state index in [0.29, 0.717) is 16.5 Å². The fourth-order valence-electron chi connectivity index (χ4n) is 2.59. The van der Waals surface area contributed by atoms with Crippen molar-refractivity contribution in [3.05, 3.63) is 63.1 Å². The molecule has 0 fully saturated rings. The van der Waals surface area contributed by atoms with Crippen LogP contribution >= 0.6 is 35.0 Å². The zero-order chi connectivity index (χ0) is 22.1. The van der Waals surface area contributed by atoms with E-state index in [2.05, 4.69) is 5.10 Å². The van der Waals surface area contributed by atoms with Gasteiger partial charge in [0, 0.05) is 5.75 Å². The van der Waals surface area contributed by atoms with E-state index < -0.39 is 11.7 Å². The van der Waals surface area contributed by atoms with Gasteiger partial charge in [0.25, 0.3) is 0 Å². The van der Waals surface area contributed by atoms with Crippen LogP contribution in [0.4, 0.5) is 19.0 Å². The Morgan fingerprint density at radius 3 is 2.30 bits per heavy atom. The van der Waals surface area contributed by atoms with Crippen LogP contribution in [-0.2, 0) is 11.9 Å². The zero-order valence-electron chi connectivity index (χ0n) is 15.3. The average molecular weight is 473 g/mol. The molecular formula is C19H13Cl2F3N4OS. The fraction of sp³-hybridized carbons (Fsp3) is 0.158. The first-order valence-corrected chi connectivity index (χ1v) is 10.0. The Kier molecular flexibility index (Phi) is 6.41. The molecule has 1 aromatic heterocycles. The average Bonchev–Trinajstić information content (AvgIpc) is 3.00. The lowest BCUT2D eigenvalue weighted by Crippen LogP contribution is -2.08. The SMILES string of the molecule is COc1ccc(CSc2nn(-c3c(Cl)cc(C(F)(F)F)cc3Cl)c(N)c2C#N)cc1. The molecule has 156 valence electrons. The number of nitrogen functional groups attached to an aromatic ring is 1. The summed E-state index contributed by atoms with van der Waals surface area (Å²) in [7, 11) is 1.57. The number of anilines is 1. The molecule has 0 spiro atoms. The number of halogens is 5. The molecule has 0 aliphatic rings. The van der Waals surface area contributed by atoms with Gasteiger partial charge in [0.2, 0.25) is 0 Å². The van der Waals surface area contributed by atoms with Crippen molar-refractivity contribution < 1.29 is 17.9 Å². The molecule has 3 aromatic rings. The molecule has 1 heterocycles. The Labute approximate surface area is 184 Å². The van der Waals surface area contributed by atoms with Gasteiger partial charge in [-0.05, 0) is 29.8 Å². The predicted octanol–water partition coefficient (Wildman–Crippen LogP) is 5.95. The van der Waals surface area contributed by atoms with Crippen LogP contribution in [-0.4, -0.2) is 16.9 Å².